The van der Waals surface area contributed by atoms with Gasteiger partial charge in [0.1, 0.15) is 29.3 Å². The Morgan fingerprint density at radius 1 is 1.24 bits per heavy atom. The molecule has 1 aliphatic heterocycles. The minimum absolute atomic E-state index is 0.225. The molecular formula is C23H21ClN6O3. The van der Waals surface area contributed by atoms with Crippen LogP contribution in [0.4, 0.5) is 0 Å². The number of aromatic nitrogens is 5. The molecule has 4 aromatic rings. The number of ether oxygens (including phenoxy) is 1. The van der Waals surface area contributed by atoms with E-state index in [9.17, 15) is 10.1 Å². The van der Waals surface area contributed by atoms with Crippen molar-refractivity contribution in [2.24, 2.45) is 0 Å². The number of hydrogen-bond donors (Lipinski definition) is 0. The predicted octanol–water partition coefficient (Wildman–Crippen LogP) is 4.36. The van der Waals surface area contributed by atoms with E-state index in [0.717, 1.165) is 32.1 Å². The maximum Gasteiger partial charge on any atom is 0.280 e. The number of halogens is 1. The molecule has 0 N–H and O–H groups in total. The number of hydrogen-bond acceptors (Lipinski definition) is 7. The quantitative estimate of drug-likeness (QED) is 0.442. The lowest BCUT2D eigenvalue weighted by atomic mass is 10.1. The summed E-state index contributed by atoms with van der Waals surface area (Å²) in [6.07, 6.45) is 7.33. The molecule has 6 rings (SSSR count). The second kappa shape index (κ2) is 7.40. The molecule has 9 nitrogen and oxygen atoms in total. The van der Waals surface area contributed by atoms with Gasteiger partial charge in [-0.3, -0.25) is 13.8 Å². The lowest BCUT2D eigenvalue weighted by molar-refractivity contribution is -0.0448. The van der Waals surface area contributed by atoms with Crippen LogP contribution < -0.4 is 5.56 Å². The maximum atomic E-state index is 14.0. The highest BCUT2D eigenvalue weighted by atomic mass is 35.5. The summed E-state index contributed by atoms with van der Waals surface area (Å²) in [5.74, 6) is 1.13. The molecule has 2 aliphatic rings. The van der Waals surface area contributed by atoms with Gasteiger partial charge in [-0.05, 0) is 44.7 Å². The Morgan fingerprint density at radius 3 is 2.79 bits per heavy atom. The molecule has 1 saturated heterocycles. The minimum atomic E-state index is -0.916. The number of nitrogens with zero attached hydrogens (tertiary/aromatic N) is 6. The Hall–Kier alpha value is -3.22. The van der Waals surface area contributed by atoms with Crippen molar-refractivity contribution in [3.05, 3.63) is 45.3 Å². The first kappa shape index (κ1) is 20.4. The molecule has 4 heterocycles. The van der Waals surface area contributed by atoms with Crippen molar-refractivity contribution in [2.45, 2.75) is 57.1 Å². The highest BCUT2D eigenvalue weighted by Gasteiger charge is 2.37. The van der Waals surface area contributed by atoms with Crippen LogP contribution in [-0.4, -0.2) is 30.7 Å². The van der Waals surface area contributed by atoms with Gasteiger partial charge in [0.25, 0.3) is 5.56 Å². The molecule has 0 radical (unpaired) electrons. The third-order valence-electron chi connectivity index (χ3n) is 6.90. The highest BCUT2D eigenvalue weighted by Crippen LogP contribution is 2.37. The van der Waals surface area contributed by atoms with Crippen molar-refractivity contribution in [1.29, 1.82) is 5.26 Å². The average Bonchev–Trinajstić information content (AvgIpc) is 3.59. The van der Waals surface area contributed by atoms with E-state index < -0.39 is 5.72 Å². The van der Waals surface area contributed by atoms with Gasteiger partial charge in [-0.25, -0.2) is 4.98 Å². The summed E-state index contributed by atoms with van der Waals surface area (Å²) in [6, 6.07) is 5.60. The Kier molecular flexibility index (Phi) is 4.57. The Bertz CT molecular complexity index is 1500. The van der Waals surface area contributed by atoms with Gasteiger partial charge in [0.2, 0.25) is 11.7 Å². The summed E-state index contributed by atoms with van der Waals surface area (Å²) < 4.78 is 14.8. The van der Waals surface area contributed by atoms with E-state index in [1.165, 1.54) is 0 Å². The summed E-state index contributed by atoms with van der Waals surface area (Å²) >= 11 is 6.36. The van der Waals surface area contributed by atoms with Crippen LogP contribution in [0.25, 0.3) is 28.1 Å². The third-order valence-corrected chi connectivity index (χ3v) is 7.22. The van der Waals surface area contributed by atoms with E-state index in [-0.39, 0.29) is 27.9 Å². The van der Waals surface area contributed by atoms with Gasteiger partial charge < -0.3 is 9.26 Å². The summed E-state index contributed by atoms with van der Waals surface area (Å²) in [5, 5.41) is 14.3. The zero-order chi connectivity index (χ0) is 22.7. The molecule has 1 aromatic carbocycles. The molecule has 3 aromatic heterocycles. The van der Waals surface area contributed by atoms with Crippen LogP contribution in [-0.2, 0) is 10.5 Å². The molecule has 0 bridgehead atoms. The minimum Gasteiger partial charge on any atom is -0.355 e. The molecule has 1 unspecified atom stereocenters. The second-order valence-electron chi connectivity index (χ2n) is 8.92. The summed E-state index contributed by atoms with van der Waals surface area (Å²) in [7, 11) is 0. The number of fused-ring (bicyclic) bond motifs is 3. The maximum absolute atomic E-state index is 14.0. The third kappa shape index (κ3) is 2.94. The summed E-state index contributed by atoms with van der Waals surface area (Å²) in [4.78, 5) is 23.1. The van der Waals surface area contributed by atoms with Gasteiger partial charge in [-0.2, -0.15) is 10.2 Å². The molecule has 10 heteroatoms. The normalized spacial score (nSPS) is 21.4. The van der Waals surface area contributed by atoms with Gasteiger partial charge in [-0.15, -0.1) is 0 Å². The van der Waals surface area contributed by atoms with E-state index >= 15 is 0 Å². The van der Waals surface area contributed by atoms with E-state index in [0.29, 0.717) is 41.2 Å². The fraction of sp³-hybridized carbons (Fsp3) is 0.435. The van der Waals surface area contributed by atoms with Gasteiger partial charge >= 0.3 is 0 Å². The second-order valence-corrected chi connectivity index (χ2v) is 9.33. The van der Waals surface area contributed by atoms with Crippen molar-refractivity contribution in [3.63, 3.8) is 0 Å². The lowest BCUT2D eigenvalue weighted by Crippen LogP contribution is -2.39. The van der Waals surface area contributed by atoms with Crippen molar-refractivity contribution in [2.75, 3.05) is 6.61 Å². The first-order valence-electron chi connectivity index (χ1n) is 11.1. The van der Waals surface area contributed by atoms with Crippen LogP contribution in [0.2, 0.25) is 5.02 Å². The smallest absolute Gasteiger partial charge is 0.280 e. The van der Waals surface area contributed by atoms with Gasteiger partial charge in [0, 0.05) is 12.5 Å². The van der Waals surface area contributed by atoms with Crippen LogP contribution in [0.1, 0.15) is 62.8 Å². The van der Waals surface area contributed by atoms with E-state index in [1.807, 2.05) is 6.92 Å². The van der Waals surface area contributed by atoms with E-state index in [4.69, 9.17) is 20.9 Å². The van der Waals surface area contributed by atoms with Crippen LogP contribution in [0, 0.1) is 11.3 Å². The molecule has 1 atom stereocenters. The average molecular weight is 465 g/mol. The van der Waals surface area contributed by atoms with Crippen LogP contribution in [0.3, 0.4) is 0 Å². The SMILES string of the molecule is CC1(n2c(=O)c3c(-c4noc(C5CCCC5)n4)ncn3c3ccc(Cl)c(C#N)c32)CCCO1. The fourth-order valence-corrected chi connectivity index (χ4v) is 5.45. The van der Waals surface area contributed by atoms with Gasteiger partial charge in [0.15, 0.2) is 0 Å². The molecule has 33 heavy (non-hydrogen) atoms. The molecule has 168 valence electrons. The zero-order valence-electron chi connectivity index (χ0n) is 18.0. The fourth-order valence-electron chi connectivity index (χ4n) is 5.25. The number of nitriles is 1. The molecule has 1 aliphatic carbocycles. The predicted molar refractivity (Wildman–Crippen MR) is 120 cm³/mol. The zero-order valence-corrected chi connectivity index (χ0v) is 18.8. The number of rotatable bonds is 3. The number of benzene rings is 1. The molecule has 2 fully saturated rings. The lowest BCUT2D eigenvalue weighted by Gasteiger charge is -2.28. The Balaban J connectivity index is 1.67. The van der Waals surface area contributed by atoms with Crippen LogP contribution >= 0.6 is 11.6 Å². The molecule has 1 saturated carbocycles. The van der Waals surface area contributed by atoms with E-state index in [2.05, 4.69) is 21.2 Å². The molecule has 0 amide bonds. The highest BCUT2D eigenvalue weighted by molar-refractivity contribution is 6.32. The summed E-state index contributed by atoms with van der Waals surface area (Å²) in [6.45, 7) is 2.39. The first-order valence-corrected chi connectivity index (χ1v) is 11.5. The van der Waals surface area contributed by atoms with Crippen molar-refractivity contribution < 1.29 is 9.26 Å². The van der Waals surface area contributed by atoms with Gasteiger partial charge in [0.05, 0.1) is 21.6 Å². The Labute approximate surface area is 193 Å². The van der Waals surface area contributed by atoms with Crippen LogP contribution in [0.5, 0.6) is 0 Å². The molecule has 0 spiro atoms. The van der Waals surface area contributed by atoms with Crippen molar-refractivity contribution >= 4 is 28.2 Å². The van der Waals surface area contributed by atoms with Crippen molar-refractivity contribution in [1.82, 2.24) is 24.1 Å². The van der Waals surface area contributed by atoms with Gasteiger partial charge in [-0.1, -0.05) is 29.6 Å². The van der Waals surface area contributed by atoms with E-state index in [1.54, 1.807) is 27.4 Å². The number of imidazole rings is 1. The standard InChI is InChI=1S/C23H21ClN6O3/c1-23(9-4-10-32-23)30-18-14(11-25)15(24)7-8-16(18)29-12-26-17(19(29)22(30)31)20-27-21(33-28-20)13-5-2-3-6-13/h7-8,12-13H,2-6,9-10H2,1H3. The summed E-state index contributed by atoms with van der Waals surface area (Å²) in [5.41, 5.74) is 0.675. The first-order chi connectivity index (χ1) is 16.0. The Morgan fingerprint density at radius 2 is 2.06 bits per heavy atom. The molecular weight excluding hydrogens is 444 g/mol. The topological polar surface area (TPSA) is 111 Å². The van der Waals surface area contributed by atoms with Crippen molar-refractivity contribution in [3.8, 4) is 17.6 Å². The monoisotopic (exact) mass is 464 g/mol. The largest absolute Gasteiger partial charge is 0.355 e. The van der Waals surface area contributed by atoms with Crippen LogP contribution in [0.15, 0.2) is 27.8 Å².